The number of rotatable bonds is 4. The molecule has 1 aromatic carbocycles. The van der Waals surface area contributed by atoms with Crippen molar-refractivity contribution in [3.63, 3.8) is 0 Å². The van der Waals surface area contributed by atoms with Crippen LogP contribution in [0, 0.1) is 0 Å². The van der Waals surface area contributed by atoms with Crippen LogP contribution >= 0.6 is 0 Å². The van der Waals surface area contributed by atoms with Gasteiger partial charge in [0, 0.05) is 24.7 Å². The maximum atomic E-state index is 13.8. The Labute approximate surface area is 181 Å². The molecule has 0 aromatic heterocycles. The minimum atomic E-state index is -4.38. The van der Waals surface area contributed by atoms with Crippen molar-refractivity contribution < 1.29 is 34.8 Å². The molecule has 0 aliphatic carbocycles. The van der Waals surface area contributed by atoms with E-state index in [4.69, 9.17) is 4.74 Å². The summed E-state index contributed by atoms with van der Waals surface area (Å²) in [4.78, 5) is 11.2. The van der Waals surface area contributed by atoms with Crippen LogP contribution < -0.4 is 15.4 Å². The van der Waals surface area contributed by atoms with Crippen LogP contribution in [-0.2, 0) is 34.5 Å². The van der Waals surface area contributed by atoms with Crippen LogP contribution in [0.4, 0.5) is 5.69 Å². The molecular weight excluding hydrogens is 470 g/mol. The van der Waals surface area contributed by atoms with Crippen molar-refractivity contribution in [3.8, 4) is 5.75 Å². The lowest BCUT2D eigenvalue weighted by molar-refractivity contribution is -0.114. The molecule has 4 atom stereocenters. The fraction of sp³-hybridized carbons (Fsp3) is 0.588. The summed E-state index contributed by atoms with van der Waals surface area (Å²) < 4.78 is 83.1. The van der Waals surface area contributed by atoms with Gasteiger partial charge in [-0.05, 0) is 18.2 Å². The lowest BCUT2D eigenvalue weighted by Gasteiger charge is -2.43. The van der Waals surface area contributed by atoms with Crippen LogP contribution in [0.25, 0.3) is 0 Å². The molecule has 172 valence electrons. The smallest absolute Gasteiger partial charge is 0.247 e. The molecule has 3 aliphatic rings. The number of methoxy groups -OCH3 is 1. The molecule has 3 heterocycles. The number of hydrogen-bond acceptors (Lipinski definition) is 9. The van der Waals surface area contributed by atoms with Crippen LogP contribution in [0.15, 0.2) is 23.1 Å². The van der Waals surface area contributed by atoms with E-state index in [2.05, 4.69) is 10.6 Å². The molecule has 11 nitrogen and oxygen atoms in total. The van der Waals surface area contributed by atoms with Crippen molar-refractivity contribution in [1.29, 1.82) is 0 Å². The van der Waals surface area contributed by atoms with Gasteiger partial charge in [-0.2, -0.15) is 4.31 Å². The molecule has 0 radical (unpaired) electrons. The Kier molecular flexibility index (Phi) is 5.36. The fourth-order valence-corrected chi connectivity index (χ4v) is 10.7. The first-order chi connectivity index (χ1) is 14.3. The van der Waals surface area contributed by atoms with E-state index in [0.29, 0.717) is 0 Å². The minimum Gasteiger partial charge on any atom is -0.495 e. The van der Waals surface area contributed by atoms with Gasteiger partial charge in [0.25, 0.3) is 0 Å². The third-order valence-corrected chi connectivity index (χ3v) is 11.2. The number of carbonyl (C=O) groups is 1. The van der Waals surface area contributed by atoms with Gasteiger partial charge in [-0.25, -0.2) is 25.3 Å². The van der Waals surface area contributed by atoms with Gasteiger partial charge < -0.3 is 15.4 Å². The molecule has 0 spiro atoms. The summed E-state index contributed by atoms with van der Waals surface area (Å²) in [6, 6.07) is 0.776. The van der Waals surface area contributed by atoms with E-state index >= 15 is 0 Å². The number of piperazine rings is 1. The number of nitrogens with one attached hydrogen (secondary N) is 2. The summed E-state index contributed by atoms with van der Waals surface area (Å²) in [5.41, 5.74) is 0.216. The zero-order valence-electron chi connectivity index (χ0n) is 16.8. The summed E-state index contributed by atoms with van der Waals surface area (Å²) in [7, 11) is -10.1. The zero-order chi connectivity index (χ0) is 22.8. The Morgan fingerprint density at radius 2 is 1.61 bits per heavy atom. The molecule has 1 aromatic rings. The molecule has 2 N–H and O–H groups in total. The van der Waals surface area contributed by atoms with E-state index < -0.39 is 71.3 Å². The van der Waals surface area contributed by atoms with E-state index in [-0.39, 0.29) is 27.8 Å². The second-order valence-corrected chi connectivity index (χ2v) is 14.2. The predicted octanol–water partition coefficient (Wildman–Crippen LogP) is -1.42. The molecule has 31 heavy (non-hydrogen) atoms. The summed E-state index contributed by atoms with van der Waals surface area (Å²) >= 11 is 0. The Hall–Kier alpha value is -1.74. The lowest BCUT2D eigenvalue weighted by atomic mass is 10.0. The number of anilines is 1. The normalized spacial score (nSPS) is 31.5. The molecule has 4 rings (SSSR count). The van der Waals surface area contributed by atoms with Crippen molar-refractivity contribution in [1.82, 2.24) is 9.62 Å². The Bertz CT molecular complexity index is 1200. The van der Waals surface area contributed by atoms with Crippen LogP contribution in [-0.4, -0.2) is 89.8 Å². The molecular formula is C17H23N3O8S3. The second-order valence-electron chi connectivity index (χ2n) is 8.05. The van der Waals surface area contributed by atoms with Gasteiger partial charge in [0.2, 0.25) is 15.9 Å². The number of hydrogen-bond donors (Lipinski definition) is 2. The topological polar surface area (TPSA) is 156 Å². The number of nitrogens with zero attached hydrogens (tertiary/aromatic N) is 1. The van der Waals surface area contributed by atoms with Crippen LogP contribution in [0.3, 0.4) is 0 Å². The second kappa shape index (κ2) is 7.40. The Balaban J connectivity index is 1.85. The molecule has 3 aliphatic heterocycles. The zero-order valence-corrected chi connectivity index (χ0v) is 19.3. The third-order valence-electron chi connectivity index (χ3n) is 5.77. The SMILES string of the molecule is COc1ccc(NC(C)=O)cc1S(=O)(=O)N1[C@@H]2CS(=O)(=O)C[C@@H]2N[C@H]2CS(=O)(=O)C[C@@H]21. The first-order valence-corrected chi connectivity index (χ1v) is 14.6. The number of ether oxygens (including phenoxy) is 1. The lowest BCUT2D eigenvalue weighted by Crippen LogP contribution is -2.67. The quantitative estimate of drug-likeness (QED) is 0.514. The highest BCUT2D eigenvalue weighted by molar-refractivity contribution is 7.92. The van der Waals surface area contributed by atoms with Gasteiger partial charge in [-0.15, -0.1) is 0 Å². The first-order valence-electron chi connectivity index (χ1n) is 9.49. The highest BCUT2D eigenvalue weighted by Crippen LogP contribution is 2.38. The highest BCUT2D eigenvalue weighted by atomic mass is 32.2. The van der Waals surface area contributed by atoms with Gasteiger partial charge in [0.1, 0.15) is 10.6 Å². The third kappa shape index (κ3) is 4.06. The van der Waals surface area contributed by atoms with Crippen molar-refractivity contribution in [2.45, 2.75) is 36.0 Å². The van der Waals surface area contributed by atoms with E-state index in [1.165, 1.54) is 32.2 Å². The molecule has 3 fully saturated rings. The first kappa shape index (κ1) is 22.5. The maximum absolute atomic E-state index is 13.8. The molecule has 1 amide bonds. The van der Waals surface area contributed by atoms with Gasteiger partial charge >= 0.3 is 0 Å². The van der Waals surface area contributed by atoms with Crippen LogP contribution in [0.2, 0.25) is 0 Å². The Morgan fingerprint density at radius 3 is 2.10 bits per heavy atom. The van der Waals surface area contributed by atoms with Gasteiger partial charge in [0.15, 0.2) is 19.7 Å². The summed E-state index contributed by atoms with van der Waals surface area (Å²) in [6.07, 6.45) is 0. The predicted molar refractivity (Wildman–Crippen MR) is 112 cm³/mol. The summed E-state index contributed by atoms with van der Waals surface area (Å²) in [5, 5.41) is 5.56. The van der Waals surface area contributed by atoms with Crippen LogP contribution in [0.5, 0.6) is 5.75 Å². The molecule has 0 saturated carbocycles. The average molecular weight is 494 g/mol. The van der Waals surface area contributed by atoms with Crippen molar-refractivity contribution >= 4 is 41.3 Å². The number of sulfonamides is 1. The summed E-state index contributed by atoms with van der Waals surface area (Å²) in [6.45, 7) is 1.27. The number of fused-ring (bicyclic) bond motifs is 2. The fourth-order valence-electron chi connectivity index (χ4n) is 4.63. The van der Waals surface area contributed by atoms with Gasteiger partial charge in [-0.1, -0.05) is 0 Å². The maximum Gasteiger partial charge on any atom is 0.247 e. The van der Waals surface area contributed by atoms with Crippen molar-refractivity contribution in [2.75, 3.05) is 35.4 Å². The summed E-state index contributed by atoms with van der Waals surface area (Å²) in [5.74, 6) is -1.74. The number of amides is 1. The van der Waals surface area contributed by atoms with E-state index in [0.717, 1.165) is 4.31 Å². The number of benzene rings is 1. The molecule has 3 saturated heterocycles. The van der Waals surface area contributed by atoms with E-state index in [1.807, 2.05) is 0 Å². The molecule has 14 heteroatoms. The van der Waals surface area contributed by atoms with Gasteiger partial charge in [-0.3, -0.25) is 4.79 Å². The Morgan fingerprint density at radius 1 is 1.06 bits per heavy atom. The van der Waals surface area contributed by atoms with E-state index in [1.54, 1.807) is 0 Å². The van der Waals surface area contributed by atoms with Crippen LogP contribution in [0.1, 0.15) is 6.92 Å². The monoisotopic (exact) mass is 493 g/mol. The van der Waals surface area contributed by atoms with Gasteiger partial charge in [0.05, 0.1) is 42.2 Å². The minimum absolute atomic E-state index is 0.00226. The molecule has 0 bridgehead atoms. The van der Waals surface area contributed by atoms with Crippen molar-refractivity contribution in [2.24, 2.45) is 0 Å². The van der Waals surface area contributed by atoms with Crippen molar-refractivity contribution in [3.05, 3.63) is 18.2 Å². The highest BCUT2D eigenvalue weighted by Gasteiger charge is 2.57. The standard InChI is InChI=1S/C17H23N3O8S3/c1-10(21)18-11-3-4-16(28-2)17(5-11)31(26,27)20-14-8-29(22,23)6-12(14)19-13-7-30(24,25)9-15(13)20/h3-5,12-15,19H,6-9H2,1-2H3,(H,18,21)/t12-,13-,14-,15+/m0/s1. The largest absolute Gasteiger partial charge is 0.495 e. The number of carbonyl (C=O) groups excluding carboxylic acids is 1. The average Bonchev–Trinajstić information content (AvgIpc) is 3.10. The number of sulfone groups is 2. The molecule has 0 unspecified atom stereocenters. The van der Waals surface area contributed by atoms with E-state index in [9.17, 15) is 30.0 Å².